The first-order valence-electron chi connectivity index (χ1n) is 9.84. The van der Waals surface area contributed by atoms with Crippen LogP contribution in [0.3, 0.4) is 0 Å². The zero-order chi connectivity index (χ0) is 21.4. The Hall–Kier alpha value is -3.72. The summed E-state index contributed by atoms with van der Waals surface area (Å²) in [5.41, 5.74) is 1.48. The van der Waals surface area contributed by atoms with Gasteiger partial charge >= 0.3 is 0 Å². The number of benzene rings is 2. The zero-order valence-corrected chi connectivity index (χ0v) is 17.1. The third kappa shape index (κ3) is 4.13. The Balaban J connectivity index is 1.27. The van der Waals surface area contributed by atoms with Gasteiger partial charge in [-0.3, -0.25) is 14.9 Å². The molecule has 1 aliphatic rings. The maximum absolute atomic E-state index is 12.5. The number of aromatic nitrogens is 1. The molecular formula is C22H18N4O4S. The Morgan fingerprint density at radius 3 is 2.81 bits per heavy atom. The smallest absolute Gasteiger partial charge is 0.293 e. The van der Waals surface area contributed by atoms with Crippen molar-refractivity contribution in [2.75, 3.05) is 5.32 Å². The Morgan fingerprint density at radius 2 is 2.03 bits per heavy atom. The maximum atomic E-state index is 12.5. The molecule has 8 nitrogen and oxygen atoms in total. The average molecular weight is 434 g/mol. The number of fused-ring (bicyclic) bond motifs is 1. The molecule has 2 N–H and O–H groups in total. The molecule has 1 aliphatic carbocycles. The Labute approximate surface area is 181 Å². The highest BCUT2D eigenvalue weighted by Crippen LogP contribution is 2.32. The van der Waals surface area contributed by atoms with Crippen molar-refractivity contribution in [3.05, 3.63) is 76.0 Å². The van der Waals surface area contributed by atoms with Gasteiger partial charge in [-0.05, 0) is 49.2 Å². The molecule has 31 heavy (non-hydrogen) atoms. The van der Waals surface area contributed by atoms with Gasteiger partial charge in [-0.2, -0.15) is 0 Å². The third-order valence-corrected chi connectivity index (χ3v) is 6.03. The number of anilines is 1. The Kier molecular flexibility index (Phi) is 4.87. The largest absolute Gasteiger partial charge is 0.457 e. The number of furan rings is 1. The molecule has 2 aromatic heterocycles. The number of nitrogens with one attached hydrogen (secondary N) is 2. The van der Waals surface area contributed by atoms with Gasteiger partial charge in [-0.25, -0.2) is 4.98 Å². The van der Waals surface area contributed by atoms with E-state index in [1.165, 1.54) is 17.4 Å². The van der Waals surface area contributed by atoms with Gasteiger partial charge in [-0.1, -0.05) is 12.1 Å². The van der Waals surface area contributed by atoms with Crippen LogP contribution < -0.4 is 10.6 Å². The van der Waals surface area contributed by atoms with Gasteiger partial charge in [0, 0.05) is 17.7 Å². The van der Waals surface area contributed by atoms with E-state index in [4.69, 9.17) is 4.42 Å². The molecule has 0 atom stereocenters. The highest BCUT2D eigenvalue weighted by Gasteiger charge is 2.25. The molecule has 0 saturated heterocycles. The van der Waals surface area contributed by atoms with Gasteiger partial charge in [0.2, 0.25) is 0 Å². The molecule has 1 fully saturated rings. The van der Waals surface area contributed by atoms with Gasteiger partial charge in [0.25, 0.3) is 11.6 Å². The number of nitro benzene ring substituents is 1. The van der Waals surface area contributed by atoms with Crippen LogP contribution in [0.5, 0.6) is 0 Å². The molecule has 0 aliphatic heterocycles. The second-order valence-electron chi connectivity index (χ2n) is 7.34. The first-order chi connectivity index (χ1) is 15.1. The number of thiazole rings is 1. The van der Waals surface area contributed by atoms with Crippen molar-refractivity contribution >= 4 is 38.8 Å². The van der Waals surface area contributed by atoms with Crippen LogP contribution in [0.2, 0.25) is 0 Å². The average Bonchev–Trinajstić information content (AvgIpc) is 3.28. The van der Waals surface area contributed by atoms with Crippen LogP contribution in [-0.4, -0.2) is 21.9 Å². The van der Waals surface area contributed by atoms with E-state index in [0.29, 0.717) is 17.2 Å². The predicted molar refractivity (Wildman–Crippen MR) is 118 cm³/mol. The fourth-order valence-electron chi connectivity index (χ4n) is 3.23. The van der Waals surface area contributed by atoms with Crippen molar-refractivity contribution in [1.29, 1.82) is 0 Å². The highest BCUT2D eigenvalue weighted by molar-refractivity contribution is 7.21. The number of hydrogen-bond donors (Lipinski definition) is 2. The van der Waals surface area contributed by atoms with Crippen molar-refractivity contribution in [2.45, 2.75) is 25.4 Å². The van der Waals surface area contributed by atoms with Gasteiger partial charge in [0.1, 0.15) is 11.4 Å². The van der Waals surface area contributed by atoms with E-state index in [0.717, 1.165) is 28.1 Å². The molecule has 2 heterocycles. The fourth-order valence-corrected chi connectivity index (χ4v) is 4.16. The summed E-state index contributed by atoms with van der Waals surface area (Å²) in [6.45, 7) is 0.166. The molecule has 0 spiro atoms. The summed E-state index contributed by atoms with van der Waals surface area (Å²) < 4.78 is 6.91. The van der Waals surface area contributed by atoms with Crippen LogP contribution in [0, 0.1) is 10.1 Å². The minimum Gasteiger partial charge on any atom is -0.457 e. The SMILES string of the molecule is O=C(NCc1ccc(-c2nc3ccccc3s2)o1)c1ccc(NC2CC2)c([N+](=O)[O-])c1. The number of carbonyl (C=O) groups is 1. The number of nitrogens with zero attached hydrogens (tertiary/aromatic N) is 2. The van der Waals surface area contributed by atoms with E-state index >= 15 is 0 Å². The van der Waals surface area contributed by atoms with Crippen molar-refractivity contribution in [3.8, 4) is 10.8 Å². The molecule has 9 heteroatoms. The molecule has 5 rings (SSSR count). The lowest BCUT2D eigenvalue weighted by Gasteiger charge is -2.08. The fraction of sp³-hybridized carbons (Fsp3) is 0.182. The van der Waals surface area contributed by atoms with E-state index in [9.17, 15) is 14.9 Å². The Bertz CT molecular complexity index is 1260. The predicted octanol–water partition coefficient (Wildman–Crippen LogP) is 4.97. The van der Waals surface area contributed by atoms with Gasteiger partial charge < -0.3 is 15.1 Å². The standard InChI is InChI=1S/C22H18N4O4S/c27-21(13-5-9-16(24-14-6-7-14)18(11-13)26(28)29)23-12-15-8-10-19(30-15)22-25-17-3-1-2-4-20(17)31-22/h1-5,8-11,14,24H,6-7,12H2,(H,23,27). The molecule has 156 valence electrons. The molecule has 2 aromatic carbocycles. The summed E-state index contributed by atoms with van der Waals surface area (Å²) in [6, 6.07) is 16.2. The highest BCUT2D eigenvalue weighted by atomic mass is 32.1. The monoisotopic (exact) mass is 434 g/mol. The molecule has 1 amide bonds. The van der Waals surface area contributed by atoms with Crippen molar-refractivity contribution in [2.24, 2.45) is 0 Å². The molecule has 0 radical (unpaired) electrons. The molecule has 0 bridgehead atoms. The second-order valence-corrected chi connectivity index (χ2v) is 8.37. The third-order valence-electron chi connectivity index (χ3n) is 4.98. The van der Waals surface area contributed by atoms with Crippen LogP contribution in [0.4, 0.5) is 11.4 Å². The lowest BCUT2D eigenvalue weighted by molar-refractivity contribution is -0.384. The summed E-state index contributed by atoms with van der Waals surface area (Å²) >= 11 is 1.54. The second kappa shape index (κ2) is 7.84. The number of para-hydroxylation sites is 1. The van der Waals surface area contributed by atoms with Crippen molar-refractivity contribution in [3.63, 3.8) is 0 Å². The topological polar surface area (TPSA) is 110 Å². The number of rotatable bonds is 7. The van der Waals surface area contributed by atoms with Crippen LogP contribution in [0.15, 0.2) is 59.0 Å². The molecular weight excluding hydrogens is 416 g/mol. The van der Waals surface area contributed by atoms with E-state index in [2.05, 4.69) is 15.6 Å². The minimum absolute atomic E-state index is 0.101. The van der Waals surface area contributed by atoms with E-state index in [1.807, 2.05) is 30.3 Å². The molecule has 0 unspecified atom stereocenters. The van der Waals surface area contributed by atoms with Crippen molar-refractivity contribution < 1.29 is 14.1 Å². The first kappa shape index (κ1) is 19.3. The van der Waals surface area contributed by atoms with Crippen LogP contribution >= 0.6 is 11.3 Å². The van der Waals surface area contributed by atoms with E-state index < -0.39 is 10.8 Å². The minimum atomic E-state index is -0.474. The summed E-state index contributed by atoms with van der Waals surface area (Å²) in [5, 5.41) is 18.0. The summed E-state index contributed by atoms with van der Waals surface area (Å²) in [6.07, 6.45) is 2.00. The lowest BCUT2D eigenvalue weighted by atomic mass is 10.1. The van der Waals surface area contributed by atoms with Crippen LogP contribution in [0.1, 0.15) is 29.0 Å². The van der Waals surface area contributed by atoms with Crippen LogP contribution in [0.25, 0.3) is 21.0 Å². The number of carbonyl (C=O) groups excluding carboxylic acids is 1. The van der Waals surface area contributed by atoms with E-state index in [1.54, 1.807) is 18.2 Å². The summed E-state index contributed by atoms with van der Waals surface area (Å²) in [7, 11) is 0. The van der Waals surface area contributed by atoms with E-state index in [-0.39, 0.29) is 23.8 Å². The number of nitro groups is 1. The van der Waals surface area contributed by atoms with Gasteiger partial charge in [0.05, 0.1) is 21.7 Å². The number of amides is 1. The summed E-state index contributed by atoms with van der Waals surface area (Å²) in [5.74, 6) is 0.805. The Morgan fingerprint density at radius 1 is 1.19 bits per heavy atom. The zero-order valence-electron chi connectivity index (χ0n) is 16.3. The maximum Gasteiger partial charge on any atom is 0.293 e. The molecule has 1 saturated carbocycles. The van der Waals surface area contributed by atoms with Gasteiger partial charge in [-0.15, -0.1) is 11.3 Å². The van der Waals surface area contributed by atoms with Gasteiger partial charge in [0.15, 0.2) is 10.8 Å². The molecule has 4 aromatic rings. The van der Waals surface area contributed by atoms with Crippen LogP contribution in [-0.2, 0) is 6.54 Å². The lowest BCUT2D eigenvalue weighted by Crippen LogP contribution is -2.22. The first-order valence-corrected chi connectivity index (χ1v) is 10.7. The normalized spacial score (nSPS) is 13.3. The number of hydrogen-bond acceptors (Lipinski definition) is 7. The van der Waals surface area contributed by atoms with Crippen molar-refractivity contribution in [1.82, 2.24) is 10.3 Å². The summed E-state index contributed by atoms with van der Waals surface area (Å²) in [4.78, 5) is 28.0. The quantitative estimate of drug-likeness (QED) is 0.314.